The lowest BCUT2D eigenvalue weighted by Crippen LogP contribution is -2.52. The lowest BCUT2D eigenvalue weighted by Gasteiger charge is -2.28. The Balaban J connectivity index is 2.05. The number of amides is 2. The number of hydrogen-bond acceptors (Lipinski definition) is 4. The number of imide groups is 1. The van der Waals surface area contributed by atoms with Gasteiger partial charge in [-0.2, -0.15) is 0 Å². The summed E-state index contributed by atoms with van der Waals surface area (Å²) in [7, 11) is 0. The monoisotopic (exact) mass is 268 g/mol. The Morgan fingerprint density at radius 1 is 1.42 bits per heavy atom. The van der Waals surface area contributed by atoms with Crippen molar-refractivity contribution in [2.45, 2.75) is 64.1 Å². The lowest BCUT2D eigenvalue weighted by atomic mass is 10.00. The van der Waals surface area contributed by atoms with Crippen LogP contribution < -0.4 is 5.32 Å². The molecule has 0 aliphatic carbocycles. The maximum absolute atomic E-state index is 12.4. The molecule has 19 heavy (non-hydrogen) atoms. The molecule has 2 atom stereocenters. The summed E-state index contributed by atoms with van der Waals surface area (Å²) in [6.45, 7) is 7.41. The summed E-state index contributed by atoms with van der Waals surface area (Å²) in [5, 5.41) is 3.33. The first-order valence-electron chi connectivity index (χ1n) is 7.22. The Morgan fingerprint density at radius 2 is 2.11 bits per heavy atom. The van der Waals surface area contributed by atoms with Gasteiger partial charge in [0.05, 0.1) is 19.1 Å². The van der Waals surface area contributed by atoms with Crippen molar-refractivity contribution < 1.29 is 14.3 Å². The Hall–Kier alpha value is -0.940. The molecule has 2 fully saturated rings. The number of nitrogens with one attached hydrogen (secondary N) is 1. The maximum atomic E-state index is 12.4. The van der Waals surface area contributed by atoms with Gasteiger partial charge in [-0.3, -0.25) is 19.8 Å². The van der Waals surface area contributed by atoms with Crippen LogP contribution in [0.2, 0.25) is 0 Å². The molecule has 2 aliphatic rings. The number of ether oxygens (including phenoxy) is 1. The Bertz CT molecular complexity index is 360. The van der Waals surface area contributed by atoms with E-state index in [1.807, 2.05) is 13.8 Å². The van der Waals surface area contributed by atoms with Crippen LogP contribution in [-0.4, -0.2) is 47.6 Å². The van der Waals surface area contributed by atoms with Crippen LogP contribution in [-0.2, 0) is 14.3 Å². The fourth-order valence-corrected chi connectivity index (χ4v) is 3.00. The third kappa shape index (κ3) is 2.82. The molecule has 2 unspecified atom stereocenters. The number of rotatable bonds is 5. The molecule has 5 heteroatoms. The molecule has 0 bridgehead atoms. The first-order chi connectivity index (χ1) is 9.00. The maximum Gasteiger partial charge on any atom is 0.247 e. The predicted molar refractivity (Wildman–Crippen MR) is 71.6 cm³/mol. The van der Waals surface area contributed by atoms with Crippen molar-refractivity contribution in [1.29, 1.82) is 0 Å². The van der Waals surface area contributed by atoms with Gasteiger partial charge in [0, 0.05) is 18.2 Å². The van der Waals surface area contributed by atoms with Gasteiger partial charge in [-0.15, -0.1) is 0 Å². The molecule has 5 nitrogen and oxygen atoms in total. The topological polar surface area (TPSA) is 58.6 Å². The Morgan fingerprint density at radius 3 is 2.63 bits per heavy atom. The second-order valence-corrected chi connectivity index (χ2v) is 5.84. The molecule has 0 aromatic carbocycles. The molecule has 1 N–H and O–H groups in total. The largest absolute Gasteiger partial charge is 0.379 e. The van der Waals surface area contributed by atoms with Crippen molar-refractivity contribution >= 4 is 11.8 Å². The van der Waals surface area contributed by atoms with Crippen LogP contribution >= 0.6 is 0 Å². The molecule has 0 aromatic heterocycles. The highest BCUT2D eigenvalue weighted by atomic mass is 16.5. The standard InChI is InChI=1S/C14H24N2O3/c1-4-10(5-2)16-12(17)8-11(13(16)18)15-14(3)6-7-19-9-14/h10-11,15H,4-9H2,1-3H3. The van der Waals surface area contributed by atoms with E-state index >= 15 is 0 Å². The molecule has 2 heterocycles. The highest BCUT2D eigenvalue weighted by molar-refractivity contribution is 6.05. The van der Waals surface area contributed by atoms with Crippen molar-refractivity contribution in [2.24, 2.45) is 0 Å². The zero-order valence-electron chi connectivity index (χ0n) is 12.1. The van der Waals surface area contributed by atoms with Crippen LogP contribution in [0.4, 0.5) is 0 Å². The van der Waals surface area contributed by atoms with E-state index in [1.165, 1.54) is 4.90 Å². The van der Waals surface area contributed by atoms with Crippen LogP contribution in [0.5, 0.6) is 0 Å². The van der Waals surface area contributed by atoms with Gasteiger partial charge in [0.25, 0.3) is 0 Å². The van der Waals surface area contributed by atoms with Gasteiger partial charge in [0.15, 0.2) is 0 Å². The lowest BCUT2D eigenvalue weighted by molar-refractivity contribution is -0.141. The highest BCUT2D eigenvalue weighted by Gasteiger charge is 2.44. The molecule has 2 saturated heterocycles. The molecule has 2 amide bonds. The Labute approximate surface area is 114 Å². The van der Waals surface area contributed by atoms with Gasteiger partial charge < -0.3 is 4.74 Å². The van der Waals surface area contributed by atoms with Gasteiger partial charge in [-0.25, -0.2) is 0 Å². The van der Waals surface area contributed by atoms with Crippen molar-refractivity contribution in [1.82, 2.24) is 10.2 Å². The first-order valence-corrected chi connectivity index (χ1v) is 7.22. The first kappa shape index (κ1) is 14.5. The van der Waals surface area contributed by atoms with E-state index in [9.17, 15) is 9.59 Å². The summed E-state index contributed by atoms with van der Waals surface area (Å²) in [6.07, 6.45) is 2.81. The van der Waals surface area contributed by atoms with E-state index in [-0.39, 0.29) is 35.9 Å². The quantitative estimate of drug-likeness (QED) is 0.758. The van der Waals surface area contributed by atoms with E-state index in [0.717, 1.165) is 19.3 Å². The zero-order valence-corrected chi connectivity index (χ0v) is 12.1. The molecule has 0 saturated carbocycles. The van der Waals surface area contributed by atoms with Crippen LogP contribution in [0.15, 0.2) is 0 Å². The average Bonchev–Trinajstić information content (AvgIpc) is 2.90. The number of hydrogen-bond donors (Lipinski definition) is 1. The predicted octanol–water partition coefficient (Wildman–Crippen LogP) is 1.07. The average molecular weight is 268 g/mol. The number of likely N-dealkylation sites (tertiary alicyclic amines) is 1. The van der Waals surface area contributed by atoms with Crippen LogP contribution in [0.1, 0.15) is 46.5 Å². The minimum absolute atomic E-state index is 0.0411. The summed E-state index contributed by atoms with van der Waals surface area (Å²) >= 11 is 0. The number of carbonyl (C=O) groups is 2. The molecule has 2 rings (SSSR count). The smallest absolute Gasteiger partial charge is 0.247 e. The second kappa shape index (κ2) is 5.59. The molecular weight excluding hydrogens is 244 g/mol. The van der Waals surface area contributed by atoms with E-state index < -0.39 is 0 Å². The van der Waals surface area contributed by atoms with E-state index in [4.69, 9.17) is 4.74 Å². The number of nitrogens with zero attached hydrogens (tertiary/aromatic N) is 1. The van der Waals surface area contributed by atoms with Gasteiger partial charge in [0.1, 0.15) is 0 Å². The number of carbonyl (C=O) groups excluding carboxylic acids is 2. The van der Waals surface area contributed by atoms with Crippen LogP contribution in [0.25, 0.3) is 0 Å². The third-order valence-electron chi connectivity index (χ3n) is 4.23. The summed E-state index contributed by atoms with van der Waals surface area (Å²) in [6, 6.07) is -0.334. The van der Waals surface area contributed by atoms with Crippen molar-refractivity contribution in [3.05, 3.63) is 0 Å². The minimum Gasteiger partial charge on any atom is -0.379 e. The summed E-state index contributed by atoms with van der Waals surface area (Å²) in [5.74, 6) is -0.106. The van der Waals surface area contributed by atoms with Crippen LogP contribution in [0.3, 0.4) is 0 Å². The van der Waals surface area contributed by atoms with Crippen molar-refractivity contribution in [2.75, 3.05) is 13.2 Å². The molecule has 0 spiro atoms. The normalized spacial score (nSPS) is 31.8. The molecule has 0 radical (unpaired) electrons. The van der Waals surface area contributed by atoms with Crippen molar-refractivity contribution in [3.63, 3.8) is 0 Å². The summed E-state index contributed by atoms with van der Waals surface area (Å²) in [4.78, 5) is 25.9. The van der Waals surface area contributed by atoms with E-state index in [2.05, 4.69) is 12.2 Å². The highest BCUT2D eigenvalue weighted by Crippen LogP contribution is 2.24. The fraction of sp³-hybridized carbons (Fsp3) is 0.857. The van der Waals surface area contributed by atoms with E-state index in [0.29, 0.717) is 13.2 Å². The molecule has 108 valence electrons. The summed E-state index contributed by atoms with van der Waals surface area (Å²) in [5.41, 5.74) is -0.176. The van der Waals surface area contributed by atoms with Crippen molar-refractivity contribution in [3.8, 4) is 0 Å². The Kier molecular flexibility index (Phi) is 4.26. The fourth-order valence-electron chi connectivity index (χ4n) is 3.00. The van der Waals surface area contributed by atoms with Gasteiger partial charge in [0.2, 0.25) is 11.8 Å². The van der Waals surface area contributed by atoms with Gasteiger partial charge in [-0.1, -0.05) is 13.8 Å². The van der Waals surface area contributed by atoms with Gasteiger partial charge >= 0.3 is 0 Å². The van der Waals surface area contributed by atoms with Gasteiger partial charge in [-0.05, 0) is 26.2 Å². The zero-order chi connectivity index (χ0) is 14.0. The second-order valence-electron chi connectivity index (χ2n) is 5.84. The molecule has 2 aliphatic heterocycles. The minimum atomic E-state index is -0.375. The molecule has 0 aromatic rings. The SMILES string of the molecule is CCC(CC)N1C(=O)CC(NC2(C)CCOC2)C1=O. The van der Waals surface area contributed by atoms with Crippen LogP contribution in [0, 0.1) is 0 Å². The third-order valence-corrected chi connectivity index (χ3v) is 4.23. The van der Waals surface area contributed by atoms with E-state index in [1.54, 1.807) is 0 Å². The molecular formula is C14H24N2O3. The summed E-state index contributed by atoms with van der Waals surface area (Å²) < 4.78 is 5.38.